The maximum atomic E-state index is 12.8. The predicted molar refractivity (Wildman–Crippen MR) is 52.5 cm³/mol. The van der Waals surface area contributed by atoms with E-state index in [0.29, 0.717) is 0 Å². The number of piperidine rings is 1. The van der Waals surface area contributed by atoms with E-state index in [-0.39, 0.29) is 13.1 Å². The second-order valence-corrected chi connectivity index (χ2v) is 4.59. The monoisotopic (exact) mass is 293 g/mol. The molecule has 9 heteroatoms. The molecule has 112 valence electrons. The van der Waals surface area contributed by atoms with E-state index in [1.54, 1.807) is 0 Å². The van der Waals surface area contributed by atoms with Crippen molar-refractivity contribution in [2.24, 2.45) is 5.41 Å². The summed E-state index contributed by atoms with van der Waals surface area (Å²) in [5, 5.41) is 8.75. The summed E-state index contributed by atoms with van der Waals surface area (Å²) in [7, 11) is 0. The van der Waals surface area contributed by atoms with Crippen molar-refractivity contribution in [3.63, 3.8) is 0 Å². The van der Waals surface area contributed by atoms with Crippen LogP contribution in [0.4, 0.5) is 26.3 Å². The number of hydrogen-bond acceptors (Lipinski definition) is 2. The zero-order chi connectivity index (χ0) is 14.9. The first-order chi connectivity index (χ1) is 8.48. The van der Waals surface area contributed by atoms with Crippen LogP contribution in [0.2, 0.25) is 0 Å². The van der Waals surface area contributed by atoms with E-state index in [9.17, 15) is 31.1 Å². The lowest BCUT2D eigenvalue weighted by Crippen LogP contribution is -2.52. The zero-order valence-electron chi connectivity index (χ0n) is 9.81. The molecule has 0 atom stereocenters. The summed E-state index contributed by atoms with van der Waals surface area (Å²) < 4.78 is 74.2. The predicted octanol–water partition coefficient (Wildman–Crippen LogP) is 2.67. The fourth-order valence-corrected chi connectivity index (χ4v) is 2.06. The van der Waals surface area contributed by atoms with Crippen LogP contribution in [0.15, 0.2) is 0 Å². The third kappa shape index (κ3) is 3.74. The Morgan fingerprint density at radius 3 is 1.89 bits per heavy atom. The van der Waals surface area contributed by atoms with Crippen LogP contribution < -0.4 is 0 Å². The van der Waals surface area contributed by atoms with Gasteiger partial charge in [-0.05, 0) is 25.9 Å². The molecule has 0 radical (unpaired) electrons. The third-order valence-electron chi connectivity index (χ3n) is 3.37. The van der Waals surface area contributed by atoms with Crippen LogP contribution in [0, 0.1) is 5.41 Å². The number of likely N-dealkylation sites (tertiary alicyclic amines) is 1. The van der Waals surface area contributed by atoms with E-state index in [1.165, 1.54) is 4.90 Å². The quantitative estimate of drug-likeness (QED) is 0.813. The van der Waals surface area contributed by atoms with Crippen LogP contribution in [-0.4, -0.2) is 48.0 Å². The van der Waals surface area contributed by atoms with Crippen LogP contribution in [0.1, 0.15) is 19.3 Å². The zero-order valence-corrected chi connectivity index (χ0v) is 9.81. The van der Waals surface area contributed by atoms with Gasteiger partial charge in [0.05, 0.1) is 6.42 Å². The van der Waals surface area contributed by atoms with Crippen LogP contribution in [-0.2, 0) is 4.79 Å². The first-order valence-electron chi connectivity index (χ1n) is 5.57. The number of halogens is 6. The summed E-state index contributed by atoms with van der Waals surface area (Å²) in [6.07, 6.45) is -11.8. The van der Waals surface area contributed by atoms with Crippen LogP contribution in [0.5, 0.6) is 0 Å². The van der Waals surface area contributed by atoms with Gasteiger partial charge in [-0.1, -0.05) is 0 Å². The Bertz CT molecular complexity index is 330. The van der Waals surface area contributed by atoms with E-state index in [2.05, 4.69) is 0 Å². The van der Waals surface area contributed by atoms with Gasteiger partial charge in [-0.15, -0.1) is 0 Å². The normalized spacial score (nSPS) is 21.4. The van der Waals surface area contributed by atoms with E-state index < -0.39 is 49.5 Å². The fourth-order valence-electron chi connectivity index (χ4n) is 2.06. The maximum Gasteiger partial charge on any atom is 0.404 e. The number of carboxylic acids is 1. The molecule has 0 aromatic rings. The van der Waals surface area contributed by atoms with Gasteiger partial charge < -0.3 is 10.0 Å². The molecule has 0 bridgehead atoms. The van der Waals surface area contributed by atoms with E-state index >= 15 is 0 Å². The molecule has 0 aliphatic carbocycles. The van der Waals surface area contributed by atoms with E-state index in [4.69, 9.17) is 5.11 Å². The lowest BCUT2D eigenvalue weighted by atomic mass is 9.77. The lowest BCUT2D eigenvalue weighted by Gasteiger charge is -2.39. The number of carbonyl (C=O) groups is 1. The molecule has 19 heavy (non-hydrogen) atoms. The molecule has 1 rings (SSSR count). The van der Waals surface area contributed by atoms with E-state index in [0.717, 1.165) is 0 Å². The van der Waals surface area contributed by atoms with Gasteiger partial charge in [-0.2, -0.15) is 26.3 Å². The number of hydrogen-bond donors (Lipinski definition) is 1. The molecule has 0 unspecified atom stereocenters. The second-order valence-electron chi connectivity index (χ2n) is 4.59. The molecule has 0 aromatic carbocycles. The van der Waals surface area contributed by atoms with Gasteiger partial charge in [-0.3, -0.25) is 4.79 Å². The van der Waals surface area contributed by atoms with E-state index in [1.807, 2.05) is 0 Å². The van der Waals surface area contributed by atoms with Crippen molar-refractivity contribution in [1.82, 2.24) is 4.90 Å². The Balaban J connectivity index is 2.62. The first kappa shape index (κ1) is 16.1. The van der Waals surface area contributed by atoms with Crippen molar-refractivity contribution >= 4 is 5.97 Å². The average molecular weight is 293 g/mol. The molecule has 1 N–H and O–H groups in total. The van der Waals surface area contributed by atoms with Crippen molar-refractivity contribution in [2.45, 2.75) is 31.6 Å². The molecule has 3 nitrogen and oxygen atoms in total. The Morgan fingerprint density at radius 1 is 1.11 bits per heavy atom. The lowest BCUT2D eigenvalue weighted by molar-refractivity contribution is -0.242. The van der Waals surface area contributed by atoms with Gasteiger partial charge in [0.15, 0.2) is 5.41 Å². The maximum absolute atomic E-state index is 12.8. The van der Waals surface area contributed by atoms with Crippen molar-refractivity contribution in [1.29, 1.82) is 0 Å². The van der Waals surface area contributed by atoms with Crippen molar-refractivity contribution < 1.29 is 36.2 Å². The summed E-state index contributed by atoms with van der Waals surface area (Å²) in [5.41, 5.74) is -2.83. The summed E-state index contributed by atoms with van der Waals surface area (Å²) >= 11 is 0. The van der Waals surface area contributed by atoms with Gasteiger partial charge in [0.25, 0.3) is 0 Å². The van der Waals surface area contributed by atoms with Gasteiger partial charge >= 0.3 is 18.3 Å². The smallest absolute Gasteiger partial charge is 0.404 e. The van der Waals surface area contributed by atoms with Gasteiger partial charge in [0.2, 0.25) is 0 Å². The first-order valence-corrected chi connectivity index (χ1v) is 5.57. The molecule has 1 saturated heterocycles. The van der Waals surface area contributed by atoms with Gasteiger partial charge in [-0.25, -0.2) is 0 Å². The van der Waals surface area contributed by atoms with Crippen molar-refractivity contribution in [2.75, 3.05) is 19.6 Å². The minimum Gasteiger partial charge on any atom is -0.481 e. The van der Waals surface area contributed by atoms with Crippen LogP contribution >= 0.6 is 0 Å². The number of carboxylic acid groups (broad SMARTS) is 1. The average Bonchev–Trinajstić information content (AvgIpc) is 2.24. The molecule has 0 spiro atoms. The standard InChI is InChI=1S/C10H13F6NO2/c11-9(12,13)3-6-17-4-1-8(2-5-17,7(18)19)10(14,15)16/h1-6H2,(H,18,19). The van der Waals surface area contributed by atoms with Gasteiger partial charge in [0, 0.05) is 6.54 Å². The molecule has 1 fully saturated rings. The minimum absolute atomic E-state index is 0.304. The Labute approximate surface area is 105 Å². The largest absolute Gasteiger partial charge is 0.481 e. The highest BCUT2D eigenvalue weighted by Gasteiger charge is 2.61. The number of rotatable bonds is 3. The highest BCUT2D eigenvalue weighted by atomic mass is 19.4. The number of nitrogens with zero attached hydrogens (tertiary/aromatic N) is 1. The van der Waals surface area contributed by atoms with Crippen molar-refractivity contribution in [3.8, 4) is 0 Å². The molecular weight excluding hydrogens is 280 g/mol. The summed E-state index contributed by atoms with van der Waals surface area (Å²) in [6, 6.07) is 0. The Hall–Kier alpha value is -0.990. The number of aliphatic carboxylic acids is 1. The third-order valence-corrected chi connectivity index (χ3v) is 3.37. The summed E-state index contributed by atoms with van der Waals surface area (Å²) in [5.74, 6) is -1.96. The SMILES string of the molecule is O=C(O)C1(C(F)(F)F)CCN(CCC(F)(F)F)CC1. The summed E-state index contributed by atoms with van der Waals surface area (Å²) in [6.45, 7) is -1.01. The fraction of sp³-hybridized carbons (Fsp3) is 0.900. The molecule has 0 amide bonds. The van der Waals surface area contributed by atoms with Crippen molar-refractivity contribution in [3.05, 3.63) is 0 Å². The molecule has 0 saturated carbocycles. The van der Waals surface area contributed by atoms with Gasteiger partial charge in [0.1, 0.15) is 0 Å². The topological polar surface area (TPSA) is 40.5 Å². The van der Waals surface area contributed by atoms with Crippen LogP contribution in [0.3, 0.4) is 0 Å². The second kappa shape index (κ2) is 5.18. The molecular formula is C10H13F6NO2. The highest BCUT2D eigenvalue weighted by molar-refractivity contribution is 5.76. The highest BCUT2D eigenvalue weighted by Crippen LogP contribution is 2.46. The molecule has 1 heterocycles. The molecule has 0 aromatic heterocycles. The Morgan fingerprint density at radius 2 is 1.58 bits per heavy atom. The Kier molecular flexibility index (Phi) is 4.38. The van der Waals surface area contributed by atoms with Crippen LogP contribution in [0.25, 0.3) is 0 Å². The molecule has 1 aliphatic heterocycles. The molecule has 1 aliphatic rings. The number of alkyl halides is 6. The minimum atomic E-state index is -4.89. The summed E-state index contributed by atoms with van der Waals surface area (Å²) in [4.78, 5) is 12.0.